The van der Waals surface area contributed by atoms with Gasteiger partial charge in [0.2, 0.25) is 5.91 Å². The lowest BCUT2D eigenvalue weighted by atomic mass is 9.98. The number of aryl methyl sites for hydroxylation is 1. The molecule has 0 spiro atoms. The highest BCUT2D eigenvalue weighted by molar-refractivity contribution is 5.84. The summed E-state index contributed by atoms with van der Waals surface area (Å²) in [5.41, 5.74) is 1.98. The van der Waals surface area contributed by atoms with Gasteiger partial charge >= 0.3 is 5.97 Å². The summed E-state index contributed by atoms with van der Waals surface area (Å²) in [6, 6.07) is 7.56. The smallest absolute Gasteiger partial charge is 0.314 e. The van der Waals surface area contributed by atoms with Crippen LogP contribution in [0.3, 0.4) is 0 Å². The standard InChI is InChI=1S/C16H22N2O3/c1-11-5-7-12(8-6-11)13(16(20)21-2)10-18-15(19)14-4-3-9-17-14/h5-8,13-14,17H,3-4,9-10H2,1-2H3,(H,18,19). The second-order valence-corrected chi connectivity index (χ2v) is 5.38. The second kappa shape index (κ2) is 7.22. The van der Waals surface area contributed by atoms with Crippen LogP contribution in [0.1, 0.15) is 29.9 Å². The van der Waals surface area contributed by atoms with Gasteiger partial charge < -0.3 is 15.4 Å². The number of carbonyl (C=O) groups is 2. The van der Waals surface area contributed by atoms with E-state index in [1.54, 1.807) is 0 Å². The fourth-order valence-electron chi connectivity index (χ4n) is 2.51. The third-order valence-corrected chi connectivity index (χ3v) is 3.82. The van der Waals surface area contributed by atoms with E-state index >= 15 is 0 Å². The molecule has 0 aliphatic carbocycles. The van der Waals surface area contributed by atoms with Gasteiger partial charge in [0.1, 0.15) is 0 Å². The molecule has 2 rings (SSSR count). The van der Waals surface area contributed by atoms with Crippen LogP contribution in [-0.4, -0.2) is 38.1 Å². The third kappa shape index (κ3) is 4.04. The van der Waals surface area contributed by atoms with Crippen molar-refractivity contribution in [2.45, 2.75) is 31.7 Å². The van der Waals surface area contributed by atoms with E-state index in [1.165, 1.54) is 7.11 Å². The summed E-state index contributed by atoms with van der Waals surface area (Å²) in [7, 11) is 1.36. The summed E-state index contributed by atoms with van der Waals surface area (Å²) in [5, 5.41) is 5.99. The minimum atomic E-state index is -0.471. The van der Waals surface area contributed by atoms with Crippen LogP contribution < -0.4 is 10.6 Å². The quantitative estimate of drug-likeness (QED) is 0.798. The molecule has 1 aromatic rings. The number of carbonyl (C=O) groups excluding carboxylic acids is 2. The molecule has 0 bridgehead atoms. The van der Waals surface area contributed by atoms with Crippen molar-refractivity contribution in [3.8, 4) is 0 Å². The Kier molecular flexibility index (Phi) is 5.33. The molecule has 1 aliphatic rings. The van der Waals surface area contributed by atoms with E-state index in [0.29, 0.717) is 0 Å². The summed E-state index contributed by atoms with van der Waals surface area (Å²) >= 11 is 0. The van der Waals surface area contributed by atoms with E-state index in [4.69, 9.17) is 4.74 Å². The number of methoxy groups -OCH3 is 1. The molecule has 5 nitrogen and oxygen atoms in total. The Morgan fingerprint density at radius 2 is 2.10 bits per heavy atom. The maximum atomic E-state index is 12.0. The fourth-order valence-corrected chi connectivity index (χ4v) is 2.51. The fraction of sp³-hybridized carbons (Fsp3) is 0.500. The minimum absolute atomic E-state index is 0.0477. The Labute approximate surface area is 125 Å². The molecule has 0 radical (unpaired) electrons. The number of hydrogen-bond donors (Lipinski definition) is 2. The maximum Gasteiger partial charge on any atom is 0.314 e. The van der Waals surface area contributed by atoms with Gasteiger partial charge in [0.05, 0.1) is 19.1 Å². The van der Waals surface area contributed by atoms with Crippen molar-refractivity contribution in [2.24, 2.45) is 0 Å². The van der Waals surface area contributed by atoms with E-state index in [-0.39, 0.29) is 24.5 Å². The lowest BCUT2D eigenvalue weighted by molar-refractivity contribution is -0.142. The first-order valence-electron chi connectivity index (χ1n) is 7.27. The van der Waals surface area contributed by atoms with Crippen molar-refractivity contribution in [2.75, 3.05) is 20.2 Å². The second-order valence-electron chi connectivity index (χ2n) is 5.38. The van der Waals surface area contributed by atoms with Gasteiger partial charge in [-0.05, 0) is 31.9 Å². The van der Waals surface area contributed by atoms with Gasteiger partial charge in [-0.25, -0.2) is 0 Å². The van der Waals surface area contributed by atoms with Crippen molar-refractivity contribution in [1.29, 1.82) is 0 Å². The number of hydrogen-bond acceptors (Lipinski definition) is 4. The summed E-state index contributed by atoms with van der Waals surface area (Å²) in [4.78, 5) is 24.0. The topological polar surface area (TPSA) is 67.4 Å². The van der Waals surface area contributed by atoms with Crippen LogP contribution in [0.4, 0.5) is 0 Å². The van der Waals surface area contributed by atoms with E-state index in [0.717, 1.165) is 30.5 Å². The van der Waals surface area contributed by atoms with Crippen LogP contribution in [0.15, 0.2) is 24.3 Å². The SMILES string of the molecule is COC(=O)C(CNC(=O)C1CCCN1)c1ccc(C)cc1. The number of nitrogens with one attached hydrogen (secondary N) is 2. The van der Waals surface area contributed by atoms with Crippen LogP contribution in [0.2, 0.25) is 0 Å². The molecule has 2 atom stereocenters. The molecule has 1 saturated heterocycles. The van der Waals surface area contributed by atoms with Crippen LogP contribution in [-0.2, 0) is 14.3 Å². The molecule has 5 heteroatoms. The first kappa shape index (κ1) is 15.5. The van der Waals surface area contributed by atoms with Gasteiger partial charge in [0, 0.05) is 6.54 Å². The zero-order valence-electron chi connectivity index (χ0n) is 12.5. The van der Waals surface area contributed by atoms with E-state index in [9.17, 15) is 9.59 Å². The predicted molar refractivity (Wildman–Crippen MR) is 80.0 cm³/mol. The number of rotatable bonds is 5. The summed E-state index contributed by atoms with van der Waals surface area (Å²) in [6.45, 7) is 3.12. The average Bonchev–Trinajstić information content (AvgIpc) is 3.03. The van der Waals surface area contributed by atoms with E-state index < -0.39 is 5.92 Å². The van der Waals surface area contributed by atoms with Crippen LogP contribution in [0.25, 0.3) is 0 Å². The average molecular weight is 290 g/mol. The molecule has 0 aromatic heterocycles. The van der Waals surface area contributed by atoms with Crippen molar-refractivity contribution in [1.82, 2.24) is 10.6 Å². The molecule has 2 N–H and O–H groups in total. The monoisotopic (exact) mass is 290 g/mol. The molecule has 114 valence electrons. The van der Waals surface area contributed by atoms with Crippen molar-refractivity contribution >= 4 is 11.9 Å². The van der Waals surface area contributed by atoms with Gasteiger partial charge in [-0.3, -0.25) is 9.59 Å². The number of benzene rings is 1. The summed E-state index contributed by atoms with van der Waals surface area (Å²) < 4.78 is 4.85. The predicted octanol–water partition coefficient (Wildman–Crippen LogP) is 1.12. The molecule has 1 aliphatic heterocycles. The van der Waals surface area contributed by atoms with Gasteiger partial charge in [-0.2, -0.15) is 0 Å². The van der Waals surface area contributed by atoms with Crippen LogP contribution in [0.5, 0.6) is 0 Å². The lowest BCUT2D eigenvalue weighted by Gasteiger charge is -2.18. The van der Waals surface area contributed by atoms with Crippen molar-refractivity contribution in [3.05, 3.63) is 35.4 Å². The third-order valence-electron chi connectivity index (χ3n) is 3.82. The first-order valence-corrected chi connectivity index (χ1v) is 7.27. The molecular formula is C16H22N2O3. The molecule has 2 unspecified atom stereocenters. The molecule has 0 saturated carbocycles. The summed E-state index contributed by atoms with van der Waals surface area (Å²) in [6.07, 6.45) is 1.86. The summed E-state index contributed by atoms with van der Waals surface area (Å²) in [5.74, 6) is -0.854. The maximum absolute atomic E-state index is 12.0. The number of amides is 1. The molecule has 21 heavy (non-hydrogen) atoms. The van der Waals surface area contributed by atoms with Gasteiger partial charge in [-0.1, -0.05) is 29.8 Å². The highest BCUT2D eigenvalue weighted by atomic mass is 16.5. The lowest BCUT2D eigenvalue weighted by Crippen LogP contribution is -2.42. The Bertz CT molecular complexity index is 493. The Balaban J connectivity index is 2.01. The zero-order chi connectivity index (χ0) is 15.2. The highest BCUT2D eigenvalue weighted by Crippen LogP contribution is 2.17. The normalized spacial score (nSPS) is 19.0. The first-order chi connectivity index (χ1) is 10.1. The largest absolute Gasteiger partial charge is 0.468 e. The van der Waals surface area contributed by atoms with Gasteiger partial charge in [0.15, 0.2) is 0 Å². The molecular weight excluding hydrogens is 268 g/mol. The van der Waals surface area contributed by atoms with E-state index in [1.807, 2.05) is 31.2 Å². The Hall–Kier alpha value is -1.88. The Morgan fingerprint density at radius 3 is 2.67 bits per heavy atom. The molecule has 1 fully saturated rings. The molecule has 1 heterocycles. The Morgan fingerprint density at radius 1 is 1.38 bits per heavy atom. The van der Waals surface area contributed by atoms with Crippen molar-refractivity contribution in [3.63, 3.8) is 0 Å². The van der Waals surface area contributed by atoms with Crippen molar-refractivity contribution < 1.29 is 14.3 Å². The number of esters is 1. The van der Waals surface area contributed by atoms with Crippen LogP contribution in [0, 0.1) is 6.92 Å². The zero-order valence-corrected chi connectivity index (χ0v) is 12.5. The minimum Gasteiger partial charge on any atom is -0.468 e. The van der Waals surface area contributed by atoms with Gasteiger partial charge in [0.25, 0.3) is 0 Å². The number of ether oxygens (including phenoxy) is 1. The highest BCUT2D eigenvalue weighted by Gasteiger charge is 2.26. The molecule has 1 aromatic carbocycles. The van der Waals surface area contributed by atoms with Crippen LogP contribution >= 0.6 is 0 Å². The molecule has 1 amide bonds. The van der Waals surface area contributed by atoms with Gasteiger partial charge in [-0.15, -0.1) is 0 Å². The van der Waals surface area contributed by atoms with E-state index in [2.05, 4.69) is 10.6 Å².